The number of aryl methyl sites for hydroxylation is 1. The Morgan fingerprint density at radius 3 is 2.00 bits per heavy atom. The van der Waals surface area contributed by atoms with Gasteiger partial charge in [-0.2, -0.15) is 0 Å². The van der Waals surface area contributed by atoms with E-state index in [4.69, 9.17) is 0 Å². The Hall–Kier alpha value is -0.980. The monoisotopic (exact) mass is 233 g/mol. The minimum absolute atomic E-state index is 1.24. The smallest absolute Gasteiger partial charge is 0.0361 e. The van der Waals surface area contributed by atoms with E-state index in [1.807, 2.05) is 0 Å². The quantitative estimate of drug-likeness (QED) is 0.590. The van der Waals surface area contributed by atoms with E-state index in [9.17, 15) is 0 Å². The molecule has 0 aliphatic carbocycles. The summed E-state index contributed by atoms with van der Waals surface area (Å²) in [5.74, 6) is 0. The van der Waals surface area contributed by atoms with Crippen LogP contribution in [0, 0.1) is 0 Å². The summed E-state index contributed by atoms with van der Waals surface area (Å²) in [6.07, 6.45) is 9.52. The third-order valence-electron chi connectivity index (χ3n) is 3.27. The van der Waals surface area contributed by atoms with Crippen LogP contribution in [-0.2, 0) is 6.42 Å². The van der Waals surface area contributed by atoms with E-state index in [1.165, 1.54) is 56.2 Å². The van der Waals surface area contributed by atoms with E-state index in [0.717, 1.165) is 0 Å². The summed E-state index contributed by atoms with van der Waals surface area (Å²) in [6, 6.07) is 8.96. The molecule has 96 valence electrons. The van der Waals surface area contributed by atoms with Crippen molar-refractivity contribution in [3.8, 4) is 0 Å². The first kappa shape index (κ1) is 14.1. The largest absolute Gasteiger partial charge is 0.378 e. The van der Waals surface area contributed by atoms with E-state index in [0.29, 0.717) is 0 Å². The Morgan fingerprint density at radius 1 is 0.824 bits per heavy atom. The van der Waals surface area contributed by atoms with E-state index in [2.05, 4.69) is 50.2 Å². The maximum Gasteiger partial charge on any atom is 0.0361 e. The van der Waals surface area contributed by atoms with Crippen molar-refractivity contribution in [3.05, 3.63) is 29.8 Å². The summed E-state index contributed by atoms with van der Waals surface area (Å²) < 4.78 is 0. The maximum atomic E-state index is 2.27. The number of nitrogens with zero attached hydrogens (tertiary/aromatic N) is 1. The molecular weight excluding hydrogens is 206 g/mol. The fourth-order valence-electron chi connectivity index (χ4n) is 2.07. The lowest BCUT2D eigenvalue weighted by Crippen LogP contribution is -2.08. The van der Waals surface area contributed by atoms with Crippen molar-refractivity contribution in [2.45, 2.75) is 51.9 Å². The van der Waals surface area contributed by atoms with Crippen LogP contribution in [0.5, 0.6) is 0 Å². The summed E-state index contributed by atoms with van der Waals surface area (Å²) in [7, 11) is 4.17. The molecular formula is C16H27N. The molecule has 0 bridgehead atoms. The van der Waals surface area contributed by atoms with Gasteiger partial charge >= 0.3 is 0 Å². The van der Waals surface area contributed by atoms with Crippen LogP contribution in [0.4, 0.5) is 5.69 Å². The first-order chi connectivity index (χ1) is 8.24. The van der Waals surface area contributed by atoms with E-state index < -0.39 is 0 Å². The van der Waals surface area contributed by atoms with E-state index in [1.54, 1.807) is 0 Å². The molecule has 0 N–H and O–H groups in total. The zero-order valence-electron chi connectivity index (χ0n) is 11.7. The lowest BCUT2D eigenvalue weighted by atomic mass is 10.0. The van der Waals surface area contributed by atoms with Gasteiger partial charge in [-0.3, -0.25) is 0 Å². The molecule has 1 rings (SSSR count). The lowest BCUT2D eigenvalue weighted by Gasteiger charge is -2.12. The average Bonchev–Trinajstić information content (AvgIpc) is 2.34. The molecule has 0 unspecified atom stereocenters. The molecule has 0 aromatic heterocycles. The second-order valence-electron chi connectivity index (χ2n) is 5.08. The number of hydrogen-bond donors (Lipinski definition) is 0. The van der Waals surface area contributed by atoms with Gasteiger partial charge in [-0.15, -0.1) is 0 Å². The molecule has 0 atom stereocenters. The molecule has 0 aliphatic rings. The summed E-state index contributed by atoms with van der Waals surface area (Å²) in [6.45, 7) is 2.27. The number of anilines is 1. The summed E-state index contributed by atoms with van der Waals surface area (Å²) in [4.78, 5) is 2.15. The second kappa shape index (κ2) is 8.16. The Kier molecular flexibility index (Phi) is 6.76. The first-order valence-electron chi connectivity index (χ1n) is 7.00. The number of benzene rings is 1. The highest BCUT2D eigenvalue weighted by atomic mass is 15.1. The number of unbranched alkanes of at least 4 members (excludes halogenated alkanes) is 5. The van der Waals surface area contributed by atoms with Gasteiger partial charge in [-0.25, -0.2) is 0 Å². The van der Waals surface area contributed by atoms with Crippen LogP contribution in [0.1, 0.15) is 51.0 Å². The van der Waals surface area contributed by atoms with Crippen LogP contribution in [-0.4, -0.2) is 14.1 Å². The predicted molar refractivity (Wildman–Crippen MR) is 77.8 cm³/mol. The second-order valence-corrected chi connectivity index (χ2v) is 5.08. The molecule has 17 heavy (non-hydrogen) atoms. The maximum absolute atomic E-state index is 2.27. The van der Waals surface area contributed by atoms with Crippen LogP contribution in [0.25, 0.3) is 0 Å². The molecule has 1 aromatic rings. The lowest BCUT2D eigenvalue weighted by molar-refractivity contribution is 0.607. The summed E-state index contributed by atoms with van der Waals surface area (Å²) in [5.41, 5.74) is 2.77. The van der Waals surface area contributed by atoms with Crippen LogP contribution in [0.15, 0.2) is 24.3 Å². The molecule has 0 heterocycles. The molecule has 0 spiro atoms. The Morgan fingerprint density at radius 2 is 1.41 bits per heavy atom. The van der Waals surface area contributed by atoms with Crippen LogP contribution in [0.2, 0.25) is 0 Å². The molecule has 0 aliphatic heterocycles. The van der Waals surface area contributed by atoms with Gasteiger partial charge in [-0.1, -0.05) is 51.2 Å². The number of hydrogen-bond acceptors (Lipinski definition) is 1. The fourth-order valence-corrected chi connectivity index (χ4v) is 2.07. The highest BCUT2D eigenvalue weighted by Crippen LogP contribution is 2.14. The molecule has 0 radical (unpaired) electrons. The third kappa shape index (κ3) is 5.76. The first-order valence-corrected chi connectivity index (χ1v) is 7.00. The van der Waals surface area contributed by atoms with Gasteiger partial charge in [0, 0.05) is 19.8 Å². The Bertz CT molecular complexity index is 287. The van der Waals surface area contributed by atoms with Crippen molar-refractivity contribution in [3.63, 3.8) is 0 Å². The molecule has 1 heteroatoms. The van der Waals surface area contributed by atoms with Gasteiger partial charge in [0.25, 0.3) is 0 Å². The van der Waals surface area contributed by atoms with Gasteiger partial charge in [0.05, 0.1) is 0 Å². The van der Waals surface area contributed by atoms with E-state index in [-0.39, 0.29) is 0 Å². The van der Waals surface area contributed by atoms with Crippen molar-refractivity contribution in [1.29, 1.82) is 0 Å². The van der Waals surface area contributed by atoms with Gasteiger partial charge in [0.15, 0.2) is 0 Å². The highest BCUT2D eigenvalue weighted by Gasteiger charge is 1.96. The van der Waals surface area contributed by atoms with Crippen LogP contribution < -0.4 is 4.90 Å². The van der Waals surface area contributed by atoms with Crippen molar-refractivity contribution in [1.82, 2.24) is 0 Å². The SMILES string of the molecule is CCCCCCCCc1ccc(N(C)C)cc1. The number of rotatable bonds is 8. The molecule has 1 nitrogen and oxygen atoms in total. The van der Waals surface area contributed by atoms with E-state index >= 15 is 0 Å². The topological polar surface area (TPSA) is 3.24 Å². The van der Waals surface area contributed by atoms with Gasteiger partial charge in [-0.05, 0) is 30.5 Å². The average molecular weight is 233 g/mol. The normalized spacial score (nSPS) is 10.5. The summed E-state index contributed by atoms with van der Waals surface area (Å²) >= 11 is 0. The van der Waals surface area contributed by atoms with Crippen molar-refractivity contribution < 1.29 is 0 Å². The van der Waals surface area contributed by atoms with Gasteiger partial charge < -0.3 is 4.90 Å². The Balaban J connectivity index is 2.19. The zero-order chi connectivity index (χ0) is 12.5. The van der Waals surface area contributed by atoms with Crippen molar-refractivity contribution in [2.75, 3.05) is 19.0 Å². The minimum Gasteiger partial charge on any atom is -0.378 e. The van der Waals surface area contributed by atoms with Crippen molar-refractivity contribution >= 4 is 5.69 Å². The predicted octanol–water partition coefficient (Wildman–Crippen LogP) is 4.66. The molecule has 0 fully saturated rings. The van der Waals surface area contributed by atoms with Gasteiger partial charge in [0.2, 0.25) is 0 Å². The minimum atomic E-state index is 1.24. The highest BCUT2D eigenvalue weighted by molar-refractivity contribution is 5.45. The third-order valence-corrected chi connectivity index (χ3v) is 3.27. The van der Waals surface area contributed by atoms with Crippen LogP contribution in [0.3, 0.4) is 0 Å². The Labute approximate surface area is 107 Å². The van der Waals surface area contributed by atoms with Crippen LogP contribution >= 0.6 is 0 Å². The molecule has 0 amide bonds. The molecule has 0 saturated carbocycles. The van der Waals surface area contributed by atoms with Crippen molar-refractivity contribution in [2.24, 2.45) is 0 Å². The zero-order valence-corrected chi connectivity index (χ0v) is 11.7. The van der Waals surface area contributed by atoms with Gasteiger partial charge in [0.1, 0.15) is 0 Å². The standard InChI is InChI=1S/C16H27N/c1-4-5-6-7-8-9-10-15-11-13-16(14-12-15)17(2)3/h11-14H,4-10H2,1-3H3. The molecule has 1 aromatic carbocycles. The summed E-state index contributed by atoms with van der Waals surface area (Å²) in [5, 5.41) is 0. The fraction of sp³-hybridized carbons (Fsp3) is 0.625. The molecule has 0 saturated heterocycles.